The first-order valence-electron chi connectivity index (χ1n) is 6.97. The van der Waals surface area contributed by atoms with Gasteiger partial charge in [-0.25, -0.2) is 0 Å². The first kappa shape index (κ1) is 15.0. The maximum absolute atomic E-state index is 12.7. The zero-order valence-corrected chi connectivity index (χ0v) is 14.0. The maximum atomic E-state index is 12.7. The Morgan fingerprint density at radius 3 is 2.32 bits per heavy atom. The normalized spacial score (nSPS) is 16.6. The molecule has 2 aromatic carbocycles. The molecule has 22 heavy (non-hydrogen) atoms. The predicted molar refractivity (Wildman–Crippen MR) is 98.0 cm³/mol. The van der Waals surface area contributed by atoms with Crippen LogP contribution in [0.1, 0.15) is 16.7 Å². The van der Waals surface area contributed by atoms with Crippen LogP contribution in [-0.2, 0) is 4.79 Å². The van der Waals surface area contributed by atoms with E-state index >= 15 is 0 Å². The highest BCUT2D eigenvalue weighted by molar-refractivity contribution is 8.27. The van der Waals surface area contributed by atoms with Gasteiger partial charge in [-0.1, -0.05) is 66.4 Å². The number of thiocarbonyl (C=S) groups is 1. The Hall–Kier alpha value is -1.91. The molecule has 0 aliphatic carbocycles. The van der Waals surface area contributed by atoms with Gasteiger partial charge in [0.05, 0.1) is 10.6 Å². The summed E-state index contributed by atoms with van der Waals surface area (Å²) in [6.07, 6.45) is 1.92. The summed E-state index contributed by atoms with van der Waals surface area (Å²) in [5, 5.41) is 0. The quantitative estimate of drug-likeness (QED) is 0.589. The van der Waals surface area contributed by atoms with E-state index in [9.17, 15) is 4.79 Å². The van der Waals surface area contributed by atoms with Crippen molar-refractivity contribution in [3.63, 3.8) is 0 Å². The molecule has 0 saturated carbocycles. The van der Waals surface area contributed by atoms with Crippen LogP contribution in [0.3, 0.4) is 0 Å². The van der Waals surface area contributed by atoms with Gasteiger partial charge in [0.1, 0.15) is 0 Å². The number of amides is 1. The second-order valence-corrected chi connectivity index (χ2v) is 6.84. The van der Waals surface area contributed by atoms with Crippen molar-refractivity contribution in [3.05, 3.63) is 70.1 Å². The number of hydrogen-bond acceptors (Lipinski definition) is 3. The predicted octanol–water partition coefficient (Wildman–Crippen LogP) is 4.71. The Morgan fingerprint density at radius 2 is 1.64 bits per heavy atom. The number of aryl methyl sites for hydroxylation is 2. The third-order valence-electron chi connectivity index (χ3n) is 3.63. The first-order chi connectivity index (χ1) is 10.6. The second-order valence-electron chi connectivity index (χ2n) is 5.16. The van der Waals surface area contributed by atoms with Gasteiger partial charge < -0.3 is 0 Å². The molecule has 1 heterocycles. The molecular weight excluding hydrogens is 310 g/mol. The van der Waals surface area contributed by atoms with E-state index in [1.54, 1.807) is 4.90 Å². The molecule has 3 rings (SSSR count). The Balaban J connectivity index is 1.99. The summed E-state index contributed by atoms with van der Waals surface area (Å²) in [5.41, 5.74) is 4.09. The number of nitrogens with zero attached hydrogens (tertiary/aromatic N) is 1. The summed E-state index contributed by atoms with van der Waals surface area (Å²) in [6.45, 7) is 4.02. The van der Waals surface area contributed by atoms with E-state index in [4.69, 9.17) is 12.2 Å². The molecule has 1 fully saturated rings. The largest absolute Gasteiger partial charge is 0.270 e. The highest BCUT2D eigenvalue weighted by Crippen LogP contribution is 2.37. The van der Waals surface area contributed by atoms with E-state index in [2.05, 4.69) is 0 Å². The Kier molecular flexibility index (Phi) is 4.14. The van der Waals surface area contributed by atoms with Gasteiger partial charge in [0, 0.05) is 0 Å². The minimum atomic E-state index is -0.0486. The Morgan fingerprint density at radius 1 is 1.00 bits per heavy atom. The van der Waals surface area contributed by atoms with E-state index in [-0.39, 0.29) is 5.91 Å². The first-order valence-corrected chi connectivity index (χ1v) is 8.19. The van der Waals surface area contributed by atoms with Crippen molar-refractivity contribution in [3.8, 4) is 0 Å². The number of carbonyl (C=O) groups is 1. The Labute approximate surface area is 139 Å². The van der Waals surface area contributed by atoms with Gasteiger partial charge in [-0.05, 0) is 42.7 Å². The molecule has 0 bridgehead atoms. The van der Waals surface area contributed by atoms with Gasteiger partial charge in [-0.15, -0.1) is 0 Å². The highest BCUT2D eigenvalue weighted by atomic mass is 32.2. The lowest BCUT2D eigenvalue weighted by Gasteiger charge is -2.16. The smallest absolute Gasteiger partial charge is 0.268 e. The third-order valence-corrected chi connectivity index (χ3v) is 4.93. The van der Waals surface area contributed by atoms with Gasteiger partial charge in [0.15, 0.2) is 4.32 Å². The van der Waals surface area contributed by atoms with E-state index < -0.39 is 0 Å². The summed E-state index contributed by atoms with van der Waals surface area (Å²) >= 11 is 6.77. The van der Waals surface area contributed by atoms with Crippen LogP contribution in [0.5, 0.6) is 0 Å². The van der Waals surface area contributed by atoms with Crippen LogP contribution in [0.2, 0.25) is 0 Å². The molecule has 1 aliphatic heterocycles. The number of hydrogen-bond donors (Lipinski definition) is 0. The van der Waals surface area contributed by atoms with Crippen LogP contribution in [0.15, 0.2) is 53.4 Å². The number of rotatable bonds is 2. The number of thioether (sulfide) groups is 1. The number of benzene rings is 2. The van der Waals surface area contributed by atoms with E-state index in [1.165, 1.54) is 11.8 Å². The fourth-order valence-electron chi connectivity index (χ4n) is 2.38. The molecule has 4 heteroatoms. The fraction of sp³-hybridized carbons (Fsp3) is 0.111. The minimum Gasteiger partial charge on any atom is -0.268 e. The van der Waals surface area contributed by atoms with Gasteiger partial charge >= 0.3 is 0 Å². The van der Waals surface area contributed by atoms with Crippen LogP contribution in [-0.4, -0.2) is 10.2 Å². The standard InChI is InChI=1S/C18H15NOS2/c1-12-7-3-5-9-14(12)11-16-17(20)19(18(21)22-16)15-10-6-4-8-13(15)2/h3-11H,1-2H3. The third kappa shape index (κ3) is 2.72. The Bertz CT molecular complexity index is 795. The van der Waals surface area contributed by atoms with Crippen molar-refractivity contribution < 1.29 is 4.79 Å². The van der Waals surface area contributed by atoms with E-state index in [0.717, 1.165) is 22.4 Å². The van der Waals surface area contributed by atoms with Gasteiger partial charge in [0.25, 0.3) is 5.91 Å². The van der Waals surface area contributed by atoms with E-state index in [0.29, 0.717) is 9.23 Å². The summed E-state index contributed by atoms with van der Waals surface area (Å²) in [5.74, 6) is -0.0486. The van der Waals surface area contributed by atoms with Crippen molar-refractivity contribution in [1.29, 1.82) is 0 Å². The summed E-state index contributed by atoms with van der Waals surface area (Å²) in [6, 6.07) is 15.8. The second kappa shape index (κ2) is 6.07. The van der Waals surface area contributed by atoms with Crippen molar-refractivity contribution in [2.24, 2.45) is 0 Å². The van der Waals surface area contributed by atoms with Crippen LogP contribution in [0.4, 0.5) is 5.69 Å². The zero-order chi connectivity index (χ0) is 15.7. The summed E-state index contributed by atoms with van der Waals surface area (Å²) in [7, 11) is 0. The molecule has 1 aliphatic rings. The zero-order valence-electron chi connectivity index (χ0n) is 12.4. The highest BCUT2D eigenvalue weighted by Gasteiger charge is 2.33. The lowest BCUT2D eigenvalue weighted by Crippen LogP contribution is -2.28. The number of carbonyl (C=O) groups excluding carboxylic acids is 1. The van der Waals surface area contributed by atoms with Crippen LogP contribution in [0, 0.1) is 13.8 Å². The number of anilines is 1. The molecule has 1 saturated heterocycles. The summed E-state index contributed by atoms with van der Waals surface area (Å²) < 4.78 is 0.583. The van der Waals surface area contributed by atoms with Crippen LogP contribution >= 0.6 is 24.0 Å². The fourth-order valence-corrected chi connectivity index (χ4v) is 3.66. The minimum absolute atomic E-state index is 0.0486. The van der Waals surface area contributed by atoms with Crippen molar-refractivity contribution in [2.75, 3.05) is 4.90 Å². The average Bonchev–Trinajstić information content (AvgIpc) is 2.77. The molecule has 0 spiro atoms. The molecule has 0 aromatic heterocycles. The molecule has 0 radical (unpaired) electrons. The molecule has 0 unspecified atom stereocenters. The van der Waals surface area contributed by atoms with Crippen molar-refractivity contribution in [2.45, 2.75) is 13.8 Å². The average molecular weight is 325 g/mol. The molecule has 1 amide bonds. The summed E-state index contributed by atoms with van der Waals surface area (Å²) in [4.78, 5) is 15.0. The van der Waals surface area contributed by atoms with Gasteiger partial charge in [0.2, 0.25) is 0 Å². The molecule has 2 nitrogen and oxygen atoms in total. The van der Waals surface area contributed by atoms with Crippen LogP contribution in [0.25, 0.3) is 6.08 Å². The SMILES string of the molecule is Cc1ccccc1C=C1SC(=S)N(c2ccccc2C)C1=O. The van der Waals surface area contributed by atoms with E-state index in [1.807, 2.05) is 68.5 Å². The van der Waals surface area contributed by atoms with Gasteiger partial charge in [-0.3, -0.25) is 9.69 Å². The molecular formula is C18H15NOS2. The van der Waals surface area contributed by atoms with Crippen molar-refractivity contribution >= 4 is 46.0 Å². The molecule has 0 atom stereocenters. The van der Waals surface area contributed by atoms with Crippen LogP contribution < -0.4 is 4.90 Å². The maximum Gasteiger partial charge on any atom is 0.270 e. The lowest BCUT2D eigenvalue weighted by atomic mass is 10.1. The van der Waals surface area contributed by atoms with Gasteiger partial charge in [-0.2, -0.15) is 0 Å². The molecule has 110 valence electrons. The monoisotopic (exact) mass is 325 g/mol. The molecule has 0 N–H and O–H groups in total. The van der Waals surface area contributed by atoms with Crippen molar-refractivity contribution in [1.82, 2.24) is 0 Å². The lowest BCUT2D eigenvalue weighted by molar-refractivity contribution is -0.113. The topological polar surface area (TPSA) is 20.3 Å². The molecule has 2 aromatic rings. The number of para-hydroxylation sites is 1.